The highest BCUT2D eigenvalue weighted by Crippen LogP contribution is 2.33. The van der Waals surface area contributed by atoms with Crippen LogP contribution in [-0.2, 0) is 25.7 Å². The van der Waals surface area contributed by atoms with Crippen molar-refractivity contribution in [1.29, 1.82) is 0 Å². The van der Waals surface area contributed by atoms with Gasteiger partial charge in [-0.25, -0.2) is 9.78 Å². The molecule has 0 saturated heterocycles. The summed E-state index contributed by atoms with van der Waals surface area (Å²) in [4.78, 5) is 20.7. The Balaban J connectivity index is 1.29. The van der Waals surface area contributed by atoms with E-state index in [1.807, 2.05) is 18.2 Å². The van der Waals surface area contributed by atoms with Crippen LogP contribution in [0.1, 0.15) is 16.7 Å². The molecule has 5 rings (SSSR count). The lowest BCUT2D eigenvalue weighted by Crippen LogP contribution is -2.28. The van der Waals surface area contributed by atoms with Gasteiger partial charge in [-0.05, 0) is 54.4 Å². The third-order valence-corrected chi connectivity index (χ3v) is 5.75. The number of halogens is 3. The molecule has 0 amide bonds. The number of hydrogen-bond donors (Lipinski definition) is 0. The second-order valence-electron chi connectivity index (χ2n) is 8.11. The number of fused-ring (bicyclic) bond motifs is 3. The number of hydrogen-bond acceptors (Lipinski definition) is 6. The highest BCUT2D eigenvalue weighted by molar-refractivity contribution is 5.67. The fourth-order valence-corrected chi connectivity index (χ4v) is 3.95. The molecule has 7 nitrogen and oxygen atoms in total. The molecule has 10 heteroatoms. The number of pyridine rings is 1. The molecule has 0 unspecified atom stereocenters. The minimum absolute atomic E-state index is 0.0259. The molecule has 0 bridgehead atoms. The summed E-state index contributed by atoms with van der Waals surface area (Å²) in [5.74, 6) is 1.09. The highest BCUT2D eigenvalue weighted by atomic mass is 19.4. The van der Waals surface area contributed by atoms with E-state index in [2.05, 4.69) is 9.97 Å². The van der Waals surface area contributed by atoms with Crippen LogP contribution in [0.15, 0.2) is 71.7 Å². The Bertz CT molecular complexity index is 1470. The normalized spacial score (nSPS) is 12.4. The Hall–Kier alpha value is -4.34. The fraction of sp³-hybridized carbons (Fsp3) is 0.192. The second kappa shape index (κ2) is 9.37. The molecular formula is C26H20F3N3O4. The summed E-state index contributed by atoms with van der Waals surface area (Å²) in [6.07, 6.45) is -2.28. The van der Waals surface area contributed by atoms with Crippen molar-refractivity contribution in [3.05, 3.63) is 94.0 Å². The lowest BCUT2D eigenvalue weighted by Gasteiger charge is -2.22. The molecule has 0 N–H and O–H groups in total. The van der Waals surface area contributed by atoms with Crippen molar-refractivity contribution in [2.75, 3.05) is 7.11 Å². The van der Waals surface area contributed by atoms with Gasteiger partial charge >= 0.3 is 11.9 Å². The molecule has 36 heavy (non-hydrogen) atoms. The van der Waals surface area contributed by atoms with Crippen LogP contribution in [0, 0.1) is 0 Å². The van der Waals surface area contributed by atoms with Crippen molar-refractivity contribution >= 4 is 0 Å². The van der Waals surface area contributed by atoms with Crippen LogP contribution in [0.5, 0.6) is 23.3 Å². The van der Waals surface area contributed by atoms with Crippen LogP contribution >= 0.6 is 0 Å². The molecule has 1 aliphatic heterocycles. The van der Waals surface area contributed by atoms with Gasteiger partial charge in [0.1, 0.15) is 18.1 Å². The monoisotopic (exact) mass is 495 g/mol. The van der Waals surface area contributed by atoms with Crippen LogP contribution in [0.3, 0.4) is 0 Å². The highest BCUT2D eigenvalue weighted by Gasteiger charge is 2.30. The van der Waals surface area contributed by atoms with Crippen LogP contribution in [-0.4, -0.2) is 21.6 Å². The predicted octanol–water partition coefficient (Wildman–Crippen LogP) is 5.26. The molecule has 1 aliphatic rings. The van der Waals surface area contributed by atoms with E-state index >= 15 is 0 Å². The van der Waals surface area contributed by atoms with E-state index in [1.165, 1.54) is 24.4 Å². The zero-order valence-electron chi connectivity index (χ0n) is 19.1. The first-order valence-electron chi connectivity index (χ1n) is 11.0. The molecular weight excluding hydrogens is 475 g/mol. The van der Waals surface area contributed by atoms with Crippen LogP contribution < -0.4 is 19.9 Å². The molecule has 2 aromatic carbocycles. The van der Waals surface area contributed by atoms with Gasteiger partial charge < -0.3 is 14.2 Å². The number of benzene rings is 2. The quantitative estimate of drug-likeness (QED) is 0.363. The van der Waals surface area contributed by atoms with Gasteiger partial charge in [-0.3, -0.25) is 4.57 Å². The summed E-state index contributed by atoms with van der Waals surface area (Å²) >= 11 is 0. The summed E-state index contributed by atoms with van der Waals surface area (Å²) in [5.41, 5.74) is 2.18. The van der Waals surface area contributed by atoms with Crippen molar-refractivity contribution in [2.45, 2.75) is 25.7 Å². The smallest absolute Gasteiger partial charge is 0.416 e. The first kappa shape index (κ1) is 23.4. The maximum atomic E-state index is 12.9. The minimum Gasteiger partial charge on any atom is -0.497 e. The Morgan fingerprint density at radius 2 is 1.86 bits per heavy atom. The van der Waals surface area contributed by atoms with Gasteiger partial charge in [-0.15, -0.1) is 0 Å². The SMILES string of the molecule is COc1ccc2c(c1)CCn1c-2cc(OCc2ccc(Oc3cccc(C(F)(F)F)c3)nc2)nc1=O. The maximum absolute atomic E-state index is 12.9. The molecule has 3 heterocycles. The number of methoxy groups -OCH3 is 1. The predicted molar refractivity (Wildman–Crippen MR) is 124 cm³/mol. The van der Waals surface area contributed by atoms with Gasteiger partial charge in [0.05, 0.1) is 18.4 Å². The summed E-state index contributed by atoms with van der Waals surface area (Å²) < 4.78 is 56.8. The first-order valence-corrected chi connectivity index (χ1v) is 11.0. The van der Waals surface area contributed by atoms with E-state index in [9.17, 15) is 18.0 Å². The van der Waals surface area contributed by atoms with Crippen molar-refractivity contribution in [1.82, 2.24) is 14.5 Å². The molecule has 0 atom stereocenters. The number of nitrogens with zero attached hydrogens (tertiary/aromatic N) is 3. The fourth-order valence-electron chi connectivity index (χ4n) is 3.95. The van der Waals surface area contributed by atoms with E-state index in [1.54, 1.807) is 23.8 Å². The van der Waals surface area contributed by atoms with Crippen LogP contribution in [0.2, 0.25) is 0 Å². The first-order chi connectivity index (χ1) is 17.3. The van der Waals surface area contributed by atoms with E-state index in [0.29, 0.717) is 18.5 Å². The zero-order valence-corrected chi connectivity index (χ0v) is 19.1. The van der Waals surface area contributed by atoms with Crippen LogP contribution in [0.4, 0.5) is 13.2 Å². The molecule has 0 radical (unpaired) electrons. The Morgan fingerprint density at radius 3 is 2.61 bits per heavy atom. The number of rotatable bonds is 6. The number of aryl methyl sites for hydroxylation is 1. The summed E-state index contributed by atoms with van der Waals surface area (Å²) in [7, 11) is 1.61. The van der Waals surface area contributed by atoms with E-state index in [-0.39, 0.29) is 24.1 Å². The van der Waals surface area contributed by atoms with Crippen molar-refractivity contribution in [3.8, 4) is 34.5 Å². The van der Waals surface area contributed by atoms with E-state index in [4.69, 9.17) is 14.2 Å². The molecule has 0 saturated carbocycles. The van der Waals surface area contributed by atoms with Crippen molar-refractivity contribution in [2.24, 2.45) is 0 Å². The van der Waals surface area contributed by atoms with Crippen molar-refractivity contribution < 1.29 is 27.4 Å². The van der Waals surface area contributed by atoms with E-state index < -0.39 is 17.4 Å². The topological polar surface area (TPSA) is 75.5 Å². The van der Waals surface area contributed by atoms with Gasteiger partial charge in [0, 0.05) is 36.0 Å². The lowest BCUT2D eigenvalue weighted by atomic mass is 9.97. The molecule has 184 valence electrons. The summed E-state index contributed by atoms with van der Waals surface area (Å²) in [6, 6.07) is 15.2. The average Bonchev–Trinajstić information content (AvgIpc) is 2.87. The third-order valence-electron chi connectivity index (χ3n) is 5.75. The molecule has 2 aromatic heterocycles. The number of ether oxygens (including phenoxy) is 3. The van der Waals surface area contributed by atoms with Gasteiger partial charge in [0.2, 0.25) is 11.8 Å². The van der Waals surface area contributed by atoms with Gasteiger partial charge in [0.25, 0.3) is 0 Å². The Labute approximate surface area is 203 Å². The maximum Gasteiger partial charge on any atom is 0.416 e. The molecule has 4 aromatic rings. The largest absolute Gasteiger partial charge is 0.497 e. The third kappa shape index (κ3) is 4.88. The van der Waals surface area contributed by atoms with Crippen LogP contribution in [0.25, 0.3) is 11.3 Å². The molecule has 0 spiro atoms. The minimum atomic E-state index is -4.46. The van der Waals surface area contributed by atoms with Gasteiger partial charge in [0.15, 0.2) is 0 Å². The summed E-state index contributed by atoms with van der Waals surface area (Å²) in [6.45, 7) is 0.598. The Morgan fingerprint density at radius 1 is 1.00 bits per heavy atom. The molecule has 0 aliphatic carbocycles. The lowest BCUT2D eigenvalue weighted by molar-refractivity contribution is -0.137. The number of aromatic nitrogens is 3. The van der Waals surface area contributed by atoms with E-state index in [0.717, 1.165) is 34.7 Å². The average molecular weight is 495 g/mol. The van der Waals surface area contributed by atoms with Crippen molar-refractivity contribution in [3.63, 3.8) is 0 Å². The van der Waals surface area contributed by atoms with Gasteiger partial charge in [-0.2, -0.15) is 18.2 Å². The second-order valence-corrected chi connectivity index (χ2v) is 8.11. The standard InChI is InChI=1S/C26H20F3N3O4/c1-34-19-6-7-21-17(11-19)9-10-32-22(21)13-24(31-25(32)33)35-15-16-5-8-23(30-14-16)36-20-4-2-3-18(12-20)26(27,28)29/h2-8,11-14H,9-10,15H2,1H3. The summed E-state index contributed by atoms with van der Waals surface area (Å²) in [5, 5.41) is 0. The zero-order chi connectivity index (χ0) is 25.3. The van der Waals surface area contributed by atoms with Gasteiger partial charge in [-0.1, -0.05) is 6.07 Å². The molecule has 0 fully saturated rings. The number of alkyl halides is 3. The Kier molecular flexibility index (Phi) is 6.09.